The van der Waals surface area contributed by atoms with Gasteiger partial charge in [-0.1, -0.05) is 27.2 Å². The Hall–Kier alpha value is -0.0400. The van der Waals surface area contributed by atoms with Crippen molar-refractivity contribution < 1.29 is 0 Å². The quantitative estimate of drug-likeness (QED) is 0.603. The van der Waals surface area contributed by atoms with Gasteiger partial charge in [0.2, 0.25) is 0 Å². The normalized spacial score (nSPS) is 30.5. The second kappa shape index (κ2) is 4.10. The van der Waals surface area contributed by atoms with E-state index in [9.17, 15) is 0 Å². The van der Waals surface area contributed by atoms with Crippen molar-refractivity contribution >= 4 is 0 Å². The zero-order valence-electron chi connectivity index (χ0n) is 8.14. The minimum Gasteiger partial charge on any atom is -0.301 e. The molecule has 0 bridgehead atoms. The molecule has 0 unspecified atom stereocenters. The van der Waals surface area contributed by atoms with Crippen LogP contribution in [0.5, 0.6) is 0 Å². The van der Waals surface area contributed by atoms with Crippen LogP contribution in [0.1, 0.15) is 40.0 Å². The van der Waals surface area contributed by atoms with E-state index >= 15 is 0 Å². The number of hydrogen-bond acceptors (Lipinski definition) is 1. The summed E-state index contributed by atoms with van der Waals surface area (Å²) in [5.41, 5.74) is 0. The maximum absolute atomic E-state index is 2.59. The average Bonchev–Trinajstić information content (AvgIpc) is 1.95. The number of nitrogens with zero attached hydrogens (tertiary/aromatic N) is 1. The predicted molar refractivity (Wildman–Crippen MR) is 49.7 cm³/mol. The molecular weight excluding hydrogens is 134 g/mol. The van der Waals surface area contributed by atoms with Crippen molar-refractivity contribution in [3.63, 3.8) is 0 Å². The molecule has 1 fully saturated rings. The molecule has 1 rings (SSSR count). The van der Waals surface area contributed by atoms with Gasteiger partial charge in [-0.25, -0.2) is 0 Å². The third-order valence-electron chi connectivity index (χ3n) is 3.12. The van der Waals surface area contributed by atoms with E-state index in [2.05, 4.69) is 25.7 Å². The van der Waals surface area contributed by atoms with Crippen LogP contribution in [0.2, 0.25) is 0 Å². The molecule has 1 saturated carbocycles. The van der Waals surface area contributed by atoms with E-state index in [0.717, 1.165) is 12.0 Å². The Morgan fingerprint density at radius 2 is 1.64 bits per heavy atom. The van der Waals surface area contributed by atoms with Crippen molar-refractivity contribution in [2.45, 2.75) is 46.1 Å². The van der Waals surface area contributed by atoms with E-state index in [0.29, 0.717) is 0 Å². The zero-order valence-corrected chi connectivity index (χ0v) is 8.14. The molecule has 1 nitrogen and oxygen atoms in total. The molecule has 0 aromatic carbocycles. The molecule has 0 aliphatic heterocycles. The number of hydrogen-bond donors (Lipinski definition) is 0. The van der Waals surface area contributed by atoms with Gasteiger partial charge < -0.3 is 4.90 Å². The highest BCUT2D eigenvalue weighted by molar-refractivity contribution is 4.85. The second-order valence-electron chi connectivity index (χ2n) is 3.62. The van der Waals surface area contributed by atoms with Crippen molar-refractivity contribution in [3.05, 3.63) is 0 Å². The smallest absolute Gasteiger partial charge is 0.0100 e. The first kappa shape index (κ1) is 9.05. The van der Waals surface area contributed by atoms with Gasteiger partial charge in [0.1, 0.15) is 0 Å². The molecule has 0 N–H and O–H groups in total. The fourth-order valence-corrected chi connectivity index (χ4v) is 2.07. The lowest BCUT2D eigenvalue weighted by Gasteiger charge is -2.42. The molecule has 1 aliphatic rings. The highest BCUT2D eigenvalue weighted by Crippen LogP contribution is 2.33. The molecule has 0 amide bonds. The molecule has 0 aromatic rings. The summed E-state index contributed by atoms with van der Waals surface area (Å²) in [6.07, 6.45) is 4.30. The first-order valence-electron chi connectivity index (χ1n) is 5.05. The summed E-state index contributed by atoms with van der Waals surface area (Å²) >= 11 is 0. The van der Waals surface area contributed by atoms with E-state index < -0.39 is 0 Å². The van der Waals surface area contributed by atoms with Gasteiger partial charge in [-0.15, -0.1) is 0 Å². The summed E-state index contributed by atoms with van der Waals surface area (Å²) in [5, 5.41) is 0. The molecule has 11 heavy (non-hydrogen) atoms. The van der Waals surface area contributed by atoms with Crippen LogP contribution in [0.3, 0.4) is 0 Å². The van der Waals surface area contributed by atoms with Crippen molar-refractivity contribution in [2.75, 3.05) is 13.1 Å². The first-order valence-corrected chi connectivity index (χ1v) is 5.05. The molecule has 0 heterocycles. The Labute approximate surface area is 70.8 Å². The molecule has 66 valence electrons. The Bertz CT molecular complexity index is 101. The van der Waals surface area contributed by atoms with Gasteiger partial charge in [0, 0.05) is 6.04 Å². The minimum atomic E-state index is 0.926. The van der Waals surface area contributed by atoms with Crippen LogP contribution < -0.4 is 0 Å². The molecule has 0 radical (unpaired) electrons. The van der Waals surface area contributed by atoms with Gasteiger partial charge in [0.15, 0.2) is 0 Å². The zero-order chi connectivity index (χ0) is 8.27. The third-order valence-corrected chi connectivity index (χ3v) is 3.12. The Morgan fingerprint density at radius 1 is 1.09 bits per heavy atom. The van der Waals surface area contributed by atoms with Gasteiger partial charge in [-0.05, 0) is 31.8 Å². The predicted octanol–water partition coefficient (Wildman–Crippen LogP) is 2.52. The summed E-state index contributed by atoms with van der Waals surface area (Å²) in [6, 6.07) is 0.926. The summed E-state index contributed by atoms with van der Waals surface area (Å²) < 4.78 is 0. The fourth-order valence-electron chi connectivity index (χ4n) is 2.07. The summed E-state index contributed by atoms with van der Waals surface area (Å²) in [5.74, 6) is 1.04. The third kappa shape index (κ3) is 1.96. The van der Waals surface area contributed by atoms with E-state index in [1.165, 1.54) is 32.4 Å². The summed E-state index contributed by atoms with van der Waals surface area (Å²) in [7, 11) is 0. The molecular formula is C10H21N. The van der Waals surface area contributed by atoms with Crippen molar-refractivity contribution in [2.24, 2.45) is 5.92 Å². The topological polar surface area (TPSA) is 3.24 Å². The SMILES string of the molecule is CCC1CC(N(CC)CC)C1. The van der Waals surface area contributed by atoms with E-state index in [1.807, 2.05) is 0 Å². The van der Waals surface area contributed by atoms with Crippen LogP contribution in [0.15, 0.2) is 0 Å². The maximum atomic E-state index is 2.59. The maximum Gasteiger partial charge on any atom is 0.0100 e. The largest absolute Gasteiger partial charge is 0.301 e. The standard InChI is InChI=1S/C10H21N/c1-4-9-7-10(8-9)11(5-2)6-3/h9-10H,4-8H2,1-3H3. The van der Waals surface area contributed by atoms with Crippen LogP contribution >= 0.6 is 0 Å². The van der Waals surface area contributed by atoms with Crippen LogP contribution in [-0.2, 0) is 0 Å². The molecule has 0 spiro atoms. The molecule has 0 atom stereocenters. The van der Waals surface area contributed by atoms with Crippen LogP contribution in [0.4, 0.5) is 0 Å². The van der Waals surface area contributed by atoms with Crippen LogP contribution in [0.25, 0.3) is 0 Å². The van der Waals surface area contributed by atoms with Crippen molar-refractivity contribution in [1.29, 1.82) is 0 Å². The van der Waals surface area contributed by atoms with Gasteiger partial charge >= 0.3 is 0 Å². The Morgan fingerprint density at radius 3 is 2.00 bits per heavy atom. The van der Waals surface area contributed by atoms with Crippen molar-refractivity contribution in [3.8, 4) is 0 Å². The first-order chi connectivity index (χ1) is 5.31. The summed E-state index contributed by atoms with van der Waals surface area (Å²) in [4.78, 5) is 2.59. The van der Waals surface area contributed by atoms with Gasteiger partial charge in [-0.2, -0.15) is 0 Å². The molecule has 0 aromatic heterocycles. The summed E-state index contributed by atoms with van der Waals surface area (Å²) in [6.45, 7) is 9.31. The van der Waals surface area contributed by atoms with Crippen LogP contribution in [-0.4, -0.2) is 24.0 Å². The van der Waals surface area contributed by atoms with Crippen molar-refractivity contribution in [1.82, 2.24) is 4.90 Å². The van der Waals surface area contributed by atoms with Gasteiger partial charge in [0.25, 0.3) is 0 Å². The van der Waals surface area contributed by atoms with E-state index in [-0.39, 0.29) is 0 Å². The second-order valence-corrected chi connectivity index (χ2v) is 3.62. The van der Waals surface area contributed by atoms with E-state index in [1.54, 1.807) is 0 Å². The van der Waals surface area contributed by atoms with Gasteiger partial charge in [0.05, 0.1) is 0 Å². The lowest BCUT2D eigenvalue weighted by molar-refractivity contribution is 0.0855. The monoisotopic (exact) mass is 155 g/mol. The molecule has 0 saturated heterocycles. The van der Waals surface area contributed by atoms with Gasteiger partial charge in [-0.3, -0.25) is 0 Å². The highest BCUT2D eigenvalue weighted by atomic mass is 15.2. The molecule has 1 heteroatoms. The Balaban J connectivity index is 2.19. The highest BCUT2D eigenvalue weighted by Gasteiger charge is 2.30. The van der Waals surface area contributed by atoms with Crippen LogP contribution in [0, 0.1) is 5.92 Å². The molecule has 1 aliphatic carbocycles. The number of rotatable bonds is 4. The minimum absolute atomic E-state index is 0.926. The average molecular weight is 155 g/mol. The lowest BCUT2D eigenvalue weighted by atomic mass is 9.78. The Kier molecular flexibility index (Phi) is 3.38. The fraction of sp³-hybridized carbons (Fsp3) is 1.00. The van der Waals surface area contributed by atoms with E-state index in [4.69, 9.17) is 0 Å². The lowest BCUT2D eigenvalue weighted by Crippen LogP contribution is -2.44.